The Kier molecular flexibility index (Phi) is 6.47. The van der Waals surface area contributed by atoms with E-state index in [2.05, 4.69) is 26.4 Å². The summed E-state index contributed by atoms with van der Waals surface area (Å²) in [7, 11) is 0. The van der Waals surface area contributed by atoms with E-state index in [4.69, 9.17) is 10.9 Å². The second-order valence-corrected chi connectivity index (χ2v) is 5.23. The van der Waals surface area contributed by atoms with Crippen molar-refractivity contribution >= 4 is 27.5 Å². The SMILES string of the molecule is CCC(NCC(Cc1ccc(O)c(Br)c1)=NO)C(N)=O. The van der Waals surface area contributed by atoms with Crippen molar-refractivity contribution in [3.63, 3.8) is 0 Å². The van der Waals surface area contributed by atoms with E-state index in [9.17, 15) is 9.90 Å². The van der Waals surface area contributed by atoms with Gasteiger partial charge < -0.3 is 21.4 Å². The molecule has 7 heteroatoms. The first kappa shape index (κ1) is 16.5. The molecule has 0 fully saturated rings. The van der Waals surface area contributed by atoms with E-state index in [0.29, 0.717) is 23.0 Å². The fraction of sp³-hybridized carbons (Fsp3) is 0.385. The van der Waals surface area contributed by atoms with Crippen LogP contribution in [0.3, 0.4) is 0 Å². The monoisotopic (exact) mass is 343 g/mol. The highest BCUT2D eigenvalue weighted by Crippen LogP contribution is 2.24. The van der Waals surface area contributed by atoms with Crippen LogP contribution in [0.15, 0.2) is 27.8 Å². The summed E-state index contributed by atoms with van der Waals surface area (Å²) in [6, 6.07) is 4.58. The Morgan fingerprint density at radius 2 is 2.25 bits per heavy atom. The van der Waals surface area contributed by atoms with Crippen molar-refractivity contribution in [2.45, 2.75) is 25.8 Å². The van der Waals surface area contributed by atoms with Crippen molar-refractivity contribution in [2.24, 2.45) is 10.9 Å². The predicted molar refractivity (Wildman–Crippen MR) is 80.0 cm³/mol. The van der Waals surface area contributed by atoms with Gasteiger partial charge in [0.2, 0.25) is 5.91 Å². The lowest BCUT2D eigenvalue weighted by molar-refractivity contribution is -0.120. The molecule has 0 aliphatic carbocycles. The predicted octanol–water partition coefficient (Wildman–Crippen LogP) is 1.38. The number of primary amides is 1. The number of aromatic hydroxyl groups is 1. The number of halogens is 1. The zero-order valence-electron chi connectivity index (χ0n) is 11.1. The van der Waals surface area contributed by atoms with Crippen LogP contribution < -0.4 is 11.1 Å². The number of nitrogens with zero attached hydrogens (tertiary/aromatic N) is 1. The highest BCUT2D eigenvalue weighted by molar-refractivity contribution is 9.10. The molecule has 0 heterocycles. The van der Waals surface area contributed by atoms with Crippen LogP contribution in [0.2, 0.25) is 0 Å². The van der Waals surface area contributed by atoms with E-state index in [-0.39, 0.29) is 12.3 Å². The Labute approximate surface area is 125 Å². The first-order valence-corrected chi connectivity index (χ1v) is 6.97. The first-order valence-electron chi connectivity index (χ1n) is 6.17. The number of nitrogens with one attached hydrogen (secondary N) is 1. The fourth-order valence-corrected chi connectivity index (χ4v) is 2.14. The highest BCUT2D eigenvalue weighted by atomic mass is 79.9. The molecule has 0 radical (unpaired) electrons. The minimum Gasteiger partial charge on any atom is -0.507 e. The normalized spacial score (nSPS) is 13.2. The number of nitrogens with two attached hydrogens (primary N) is 1. The lowest BCUT2D eigenvalue weighted by Gasteiger charge is -2.13. The van der Waals surface area contributed by atoms with Gasteiger partial charge in [0, 0.05) is 13.0 Å². The van der Waals surface area contributed by atoms with Gasteiger partial charge >= 0.3 is 0 Å². The number of phenols is 1. The maximum Gasteiger partial charge on any atom is 0.234 e. The molecule has 5 N–H and O–H groups in total. The summed E-state index contributed by atoms with van der Waals surface area (Å²) < 4.78 is 0.573. The third kappa shape index (κ3) is 4.82. The maximum absolute atomic E-state index is 11.1. The Morgan fingerprint density at radius 1 is 1.55 bits per heavy atom. The Balaban J connectivity index is 2.64. The van der Waals surface area contributed by atoms with E-state index < -0.39 is 11.9 Å². The summed E-state index contributed by atoms with van der Waals surface area (Å²) in [4.78, 5) is 11.1. The van der Waals surface area contributed by atoms with Crippen molar-refractivity contribution in [2.75, 3.05) is 6.54 Å². The Bertz CT molecular complexity index is 506. The quantitative estimate of drug-likeness (QED) is 0.340. The van der Waals surface area contributed by atoms with Gasteiger partial charge in [0.15, 0.2) is 0 Å². The van der Waals surface area contributed by atoms with Gasteiger partial charge in [-0.1, -0.05) is 18.1 Å². The zero-order chi connectivity index (χ0) is 15.1. The van der Waals surface area contributed by atoms with Crippen LogP contribution in [0.1, 0.15) is 18.9 Å². The lowest BCUT2D eigenvalue weighted by Crippen LogP contribution is -2.43. The molecule has 110 valence electrons. The summed E-state index contributed by atoms with van der Waals surface area (Å²) in [5.41, 5.74) is 6.57. The van der Waals surface area contributed by atoms with E-state index in [1.165, 1.54) is 0 Å². The number of hydrogen-bond acceptors (Lipinski definition) is 5. The standard InChI is InChI=1S/C13H18BrN3O3/c1-2-11(13(15)19)16-7-9(17-20)5-8-3-4-12(18)10(14)6-8/h3-4,6,11,16,18,20H,2,5,7H2,1H3,(H2,15,19). The van der Waals surface area contributed by atoms with Gasteiger partial charge in [0.05, 0.1) is 16.2 Å². The molecule has 1 rings (SSSR count). The molecule has 0 bridgehead atoms. The Hall–Kier alpha value is -1.60. The van der Waals surface area contributed by atoms with Gasteiger partial charge in [0.1, 0.15) is 5.75 Å². The average Bonchev–Trinajstić information content (AvgIpc) is 2.41. The van der Waals surface area contributed by atoms with Gasteiger partial charge in [-0.15, -0.1) is 0 Å². The van der Waals surface area contributed by atoms with Gasteiger partial charge in [-0.25, -0.2) is 0 Å². The van der Waals surface area contributed by atoms with Crippen molar-refractivity contribution in [1.29, 1.82) is 0 Å². The number of carbonyl (C=O) groups is 1. The number of carbonyl (C=O) groups excluding carboxylic acids is 1. The number of benzene rings is 1. The average molecular weight is 344 g/mol. The topological polar surface area (TPSA) is 108 Å². The molecule has 1 atom stereocenters. The fourth-order valence-electron chi connectivity index (χ4n) is 1.72. The summed E-state index contributed by atoms with van der Waals surface area (Å²) >= 11 is 3.22. The van der Waals surface area contributed by atoms with Gasteiger partial charge in [-0.05, 0) is 40.0 Å². The molecule has 0 aliphatic rings. The van der Waals surface area contributed by atoms with E-state index in [0.717, 1.165) is 5.56 Å². The van der Waals surface area contributed by atoms with E-state index in [1.807, 2.05) is 6.92 Å². The number of phenolic OH excluding ortho intramolecular Hbond substituents is 1. The zero-order valence-corrected chi connectivity index (χ0v) is 12.7. The molecule has 1 aromatic rings. The maximum atomic E-state index is 11.1. The molecule has 0 saturated carbocycles. The minimum atomic E-state index is -0.446. The third-order valence-electron chi connectivity index (χ3n) is 2.87. The van der Waals surface area contributed by atoms with Gasteiger partial charge in [-0.2, -0.15) is 0 Å². The molecule has 1 aromatic carbocycles. The van der Waals surface area contributed by atoms with Crippen LogP contribution in [0.25, 0.3) is 0 Å². The summed E-state index contributed by atoms with van der Waals surface area (Å²) in [5.74, 6) is -0.286. The van der Waals surface area contributed by atoms with Crippen LogP contribution in [0.4, 0.5) is 0 Å². The smallest absolute Gasteiger partial charge is 0.234 e. The van der Waals surface area contributed by atoms with Crippen LogP contribution in [-0.2, 0) is 11.2 Å². The molecule has 0 aromatic heterocycles. The number of amides is 1. The molecule has 0 spiro atoms. The minimum absolute atomic E-state index is 0.147. The van der Waals surface area contributed by atoms with Crippen LogP contribution in [0, 0.1) is 0 Å². The van der Waals surface area contributed by atoms with Gasteiger partial charge in [-0.3, -0.25) is 4.79 Å². The van der Waals surface area contributed by atoms with Crippen LogP contribution >= 0.6 is 15.9 Å². The van der Waals surface area contributed by atoms with Crippen LogP contribution in [0.5, 0.6) is 5.75 Å². The number of rotatable bonds is 7. The van der Waals surface area contributed by atoms with E-state index >= 15 is 0 Å². The first-order chi connectivity index (χ1) is 9.47. The largest absolute Gasteiger partial charge is 0.507 e. The van der Waals surface area contributed by atoms with Crippen molar-refractivity contribution in [1.82, 2.24) is 5.32 Å². The summed E-state index contributed by atoms with van der Waals surface area (Å²) in [5, 5.41) is 24.6. The highest BCUT2D eigenvalue weighted by Gasteiger charge is 2.13. The number of hydrogen-bond donors (Lipinski definition) is 4. The molecule has 0 saturated heterocycles. The van der Waals surface area contributed by atoms with Crippen molar-refractivity contribution < 1.29 is 15.1 Å². The molecule has 1 amide bonds. The lowest BCUT2D eigenvalue weighted by atomic mass is 10.1. The summed E-state index contributed by atoms with van der Waals surface area (Å²) in [6.07, 6.45) is 0.969. The second-order valence-electron chi connectivity index (χ2n) is 4.37. The number of oxime groups is 1. The third-order valence-corrected chi connectivity index (χ3v) is 3.50. The molecule has 6 nitrogen and oxygen atoms in total. The second kappa shape index (κ2) is 7.86. The molecular formula is C13H18BrN3O3. The molecular weight excluding hydrogens is 326 g/mol. The molecule has 0 aliphatic heterocycles. The van der Waals surface area contributed by atoms with Crippen molar-refractivity contribution in [3.8, 4) is 5.75 Å². The summed E-state index contributed by atoms with van der Waals surface area (Å²) in [6.45, 7) is 2.10. The van der Waals surface area contributed by atoms with E-state index in [1.54, 1.807) is 18.2 Å². The molecule has 1 unspecified atom stereocenters. The van der Waals surface area contributed by atoms with Crippen molar-refractivity contribution in [3.05, 3.63) is 28.2 Å². The van der Waals surface area contributed by atoms with Crippen LogP contribution in [-0.4, -0.2) is 34.5 Å². The molecule has 20 heavy (non-hydrogen) atoms. The Morgan fingerprint density at radius 3 is 2.75 bits per heavy atom. The van der Waals surface area contributed by atoms with Gasteiger partial charge in [0.25, 0.3) is 0 Å².